The van der Waals surface area contributed by atoms with Gasteiger partial charge in [0.1, 0.15) is 5.75 Å². The van der Waals surface area contributed by atoms with Crippen LogP contribution in [0.3, 0.4) is 0 Å². The van der Waals surface area contributed by atoms with Crippen LogP contribution < -0.4 is 9.80 Å². The molecule has 0 saturated carbocycles. The minimum absolute atomic E-state index is 0.0635. The zero-order valence-corrected chi connectivity index (χ0v) is 20.3. The van der Waals surface area contributed by atoms with Gasteiger partial charge in [0.05, 0.1) is 0 Å². The first kappa shape index (κ1) is 23.3. The van der Waals surface area contributed by atoms with Gasteiger partial charge in [-0.3, -0.25) is 0 Å². The van der Waals surface area contributed by atoms with E-state index < -0.39 is 20.8 Å². The fourth-order valence-electron chi connectivity index (χ4n) is 2.68. The van der Waals surface area contributed by atoms with Crippen LogP contribution in [0, 0.1) is 0 Å². The molecule has 6 heteroatoms. The number of hydrogen-bond donors (Lipinski definition) is 1. The molecule has 142 valence electrons. The van der Waals surface area contributed by atoms with Crippen LogP contribution in [0.2, 0.25) is 0 Å². The summed E-state index contributed by atoms with van der Waals surface area (Å²) in [5.74, 6) is 0.414. The Kier molecular flexibility index (Phi) is 9.51. The molecule has 0 amide bonds. The molecule has 0 spiro atoms. The number of anilines is 2. The molecule has 26 heavy (non-hydrogen) atoms. The molecule has 1 N–H and O–H groups in total. The van der Waals surface area contributed by atoms with Gasteiger partial charge >= 0.3 is 37.9 Å². The summed E-state index contributed by atoms with van der Waals surface area (Å²) in [6.45, 7) is 7.04. The van der Waals surface area contributed by atoms with E-state index in [0.29, 0.717) is 12.3 Å². The Labute approximate surface area is 176 Å². The summed E-state index contributed by atoms with van der Waals surface area (Å²) < 4.78 is 0. The van der Waals surface area contributed by atoms with Crippen molar-refractivity contribution in [2.75, 3.05) is 30.9 Å². The fraction of sp³-hybridized carbons (Fsp3) is 0.400. The maximum atomic E-state index is 10.6. The summed E-state index contributed by atoms with van der Waals surface area (Å²) in [6.07, 6.45) is 0. The molecule has 2 aromatic rings. The number of hydrogen-bond acceptors (Lipinski definition) is 3. The van der Waals surface area contributed by atoms with E-state index in [9.17, 15) is 5.11 Å². The summed E-state index contributed by atoms with van der Waals surface area (Å²) in [4.78, 5) is 4.24. The van der Waals surface area contributed by atoms with Gasteiger partial charge < -0.3 is 14.9 Å². The molecule has 0 saturated heterocycles. The molecule has 0 atom stereocenters. The molecule has 0 aliphatic rings. The molecule has 0 unspecified atom stereocenters. The van der Waals surface area contributed by atoms with Gasteiger partial charge in [0.2, 0.25) is 0 Å². The van der Waals surface area contributed by atoms with Crippen LogP contribution >= 0.6 is 17.0 Å². The van der Waals surface area contributed by atoms with Crippen molar-refractivity contribution in [1.29, 1.82) is 0 Å². The van der Waals surface area contributed by atoms with E-state index in [1.54, 1.807) is 0 Å². The van der Waals surface area contributed by atoms with Crippen molar-refractivity contribution >= 4 is 28.4 Å². The van der Waals surface area contributed by atoms with Crippen molar-refractivity contribution in [3.63, 3.8) is 0 Å². The molecule has 2 aromatic carbocycles. The Morgan fingerprint density at radius 2 is 1.42 bits per heavy atom. The third-order valence-corrected chi connectivity index (χ3v) is 4.14. The second kappa shape index (κ2) is 10.6. The van der Waals surface area contributed by atoms with Crippen LogP contribution in [-0.4, -0.2) is 26.2 Å². The van der Waals surface area contributed by atoms with Crippen molar-refractivity contribution < 1.29 is 26.0 Å². The fourth-order valence-corrected chi connectivity index (χ4v) is 2.68. The van der Waals surface area contributed by atoms with Crippen LogP contribution in [0.4, 0.5) is 11.4 Å². The summed E-state index contributed by atoms with van der Waals surface area (Å²) >= 11 is -0.826. The van der Waals surface area contributed by atoms with Crippen LogP contribution in [-0.2, 0) is 32.8 Å². The van der Waals surface area contributed by atoms with Crippen molar-refractivity contribution in [2.24, 2.45) is 0 Å². The third kappa shape index (κ3) is 6.79. The van der Waals surface area contributed by atoms with E-state index in [2.05, 4.69) is 54.8 Å². The van der Waals surface area contributed by atoms with E-state index in [-0.39, 0.29) is 5.41 Å². The maximum absolute atomic E-state index is 10.6. The SMILES string of the molecule is CN(C)c1ccc(N(C)Cc2cccc(C(C)(C)C)c2O)cc1.[Cl][Zr][Cl]. The molecule has 2 rings (SSSR count). The van der Waals surface area contributed by atoms with Gasteiger partial charge in [-0.15, -0.1) is 0 Å². The van der Waals surface area contributed by atoms with Gasteiger partial charge in [0.15, 0.2) is 0 Å². The topological polar surface area (TPSA) is 26.7 Å². The van der Waals surface area contributed by atoms with E-state index in [1.807, 2.05) is 39.3 Å². The number of aromatic hydroxyl groups is 1. The molecule has 0 aliphatic carbocycles. The van der Waals surface area contributed by atoms with Crippen molar-refractivity contribution in [1.82, 2.24) is 0 Å². The normalized spacial score (nSPS) is 10.6. The second-order valence-electron chi connectivity index (χ2n) is 7.40. The van der Waals surface area contributed by atoms with Gasteiger partial charge in [0, 0.05) is 44.6 Å². The van der Waals surface area contributed by atoms with Gasteiger partial charge in [0.25, 0.3) is 0 Å². The predicted molar refractivity (Wildman–Crippen MR) is 111 cm³/mol. The Balaban J connectivity index is 0.00000105. The monoisotopic (exact) mass is 472 g/mol. The van der Waals surface area contributed by atoms with Gasteiger partial charge in [-0.05, 0) is 35.2 Å². The molecule has 0 fully saturated rings. The summed E-state index contributed by atoms with van der Waals surface area (Å²) in [6, 6.07) is 14.5. The molecule has 0 radical (unpaired) electrons. The Morgan fingerprint density at radius 1 is 0.923 bits per heavy atom. The average Bonchev–Trinajstić information content (AvgIpc) is 2.56. The number of benzene rings is 2. The van der Waals surface area contributed by atoms with Crippen molar-refractivity contribution in [3.8, 4) is 5.75 Å². The van der Waals surface area contributed by atoms with Crippen LogP contribution in [0.15, 0.2) is 42.5 Å². The number of halogens is 2. The van der Waals surface area contributed by atoms with E-state index in [4.69, 9.17) is 17.0 Å². The van der Waals surface area contributed by atoms with Crippen molar-refractivity contribution in [2.45, 2.75) is 32.7 Å². The first-order valence-corrected chi connectivity index (χ1v) is 14.7. The standard InChI is InChI=1S/C20H28N2O.2ClH.Zr/c1-20(2,3)18-9-7-8-15(19(18)23)14-22(6)17-12-10-16(11-13-17)21(4)5;;;/h7-13,23H,14H2,1-6H3;2*1H;/q;;;+2/p-2. The Bertz CT molecular complexity index is 685. The van der Waals surface area contributed by atoms with Gasteiger partial charge in [-0.25, -0.2) is 0 Å². The number of para-hydroxylation sites is 1. The summed E-state index contributed by atoms with van der Waals surface area (Å²) in [5, 5.41) is 10.6. The quantitative estimate of drug-likeness (QED) is 0.610. The Morgan fingerprint density at radius 3 is 1.88 bits per heavy atom. The molecule has 0 bridgehead atoms. The molecule has 3 nitrogen and oxygen atoms in total. The van der Waals surface area contributed by atoms with E-state index in [0.717, 1.165) is 16.8 Å². The predicted octanol–water partition coefficient (Wildman–Crippen LogP) is 5.77. The Hall–Kier alpha value is -0.697. The molecular weight excluding hydrogens is 446 g/mol. The number of rotatable bonds is 4. The molecular formula is C20H28Cl2N2OZr. The van der Waals surface area contributed by atoms with E-state index in [1.165, 1.54) is 5.69 Å². The van der Waals surface area contributed by atoms with Crippen LogP contribution in [0.5, 0.6) is 5.75 Å². The average molecular weight is 475 g/mol. The van der Waals surface area contributed by atoms with Gasteiger partial charge in [-0.1, -0.05) is 39.0 Å². The molecule has 0 heterocycles. The summed E-state index contributed by atoms with van der Waals surface area (Å²) in [7, 11) is 16.0. The van der Waals surface area contributed by atoms with Crippen LogP contribution in [0.1, 0.15) is 31.9 Å². The first-order chi connectivity index (χ1) is 12.1. The van der Waals surface area contributed by atoms with E-state index >= 15 is 0 Å². The number of phenolic OH excluding ortho intramolecular Hbond substituents is 1. The zero-order chi connectivity index (χ0) is 19.9. The second-order valence-corrected chi connectivity index (χ2v) is 11.1. The minimum atomic E-state index is -0.826. The van der Waals surface area contributed by atoms with Gasteiger partial charge in [-0.2, -0.15) is 0 Å². The van der Waals surface area contributed by atoms with Crippen molar-refractivity contribution in [3.05, 3.63) is 53.6 Å². The third-order valence-electron chi connectivity index (χ3n) is 4.14. The summed E-state index contributed by atoms with van der Waals surface area (Å²) in [5.41, 5.74) is 4.20. The number of phenols is 1. The number of nitrogens with zero attached hydrogens (tertiary/aromatic N) is 2. The van der Waals surface area contributed by atoms with Crippen LogP contribution in [0.25, 0.3) is 0 Å². The molecule has 0 aliphatic heterocycles. The zero-order valence-electron chi connectivity index (χ0n) is 16.3. The first-order valence-electron chi connectivity index (χ1n) is 8.38. The molecule has 0 aromatic heterocycles.